The molecule has 2 nitrogen and oxygen atoms in total. The monoisotopic (exact) mass is 217 g/mol. The highest BCUT2D eigenvalue weighted by atomic mass is 16.1. The van der Waals surface area contributed by atoms with Gasteiger partial charge in [0, 0.05) is 13.0 Å². The SMILES string of the molecule is NCC(C(=O)CCC1CC1)c1ccccc1. The van der Waals surface area contributed by atoms with Crippen molar-refractivity contribution in [2.75, 3.05) is 6.54 Å². The maximum atomic E-state index is 12.0. The van der Waals surface area contributed by atoms with Gasteiger partial charge in [-0.1, -0.05) is 43.2 Å². The fraction of sp³-hybridized carbons (Fsp3) is 0.500. The molecule has 1 atom stereocenters. The highest BCUT2D eigenvalue weighted by Crippen LogP contribution is 2.34. The molecule has 86 valence electrons. The van der Waals surface area contributed by atoms with E-state index in [0.717, 1.165) is 17.9 Å². The van der Waals surface area contributed by atoms with E-state index in [4.69, 9.17) is 5.73 Å². The van der Waals surface area contributed by atoms with Crippen molar-refractivity contribution in [1.29, 1.82) is 0 Å². The molecule has 2 N–H and O–H groups in total. The van der Waals surface area contributed by atoms with Gasteiger partial charge in [-0.15, -0.1) is 0 Å². The number of hydrogen-bond acceptors (Lipinski definition) is 2. The van der Waals surface area contributed by atoms with Crippen molar-refractivity contribution in [1.82, 2.24) is 0 Å². The van der Waals surface area contributed by atoms with Crippen molar-refractivity contribution in [3.05, 3.63) is 35.9 Å². The van der Waals surface area contributed by atoms with Gasteiger partial charge in [0.05, 0.1) is 5.92 Å². The lowest BCUT2D eigenvalue weighted by atomic mass is 9.92. The molecule has 1 fully saturated rings. The standard InChI is InChI=1S/C14H19NO/c15-10-13(12-4-2-1-3-5-12)14(16)9-8-11-6-7-11/h1-5,11,13H,6-10,15H2. The summed E-state index contributed by atoms with van der Waals surface area (Å²) in [6, 6.07) is 9.88. The van der Waals surface area contributed by atoms with Crippen molar-refractivity contribution >= 4 is 5.78 Å². The maximum Gasteiger partial charge on any atom is 0.141 e. The Hall–Kier alpha value is -1.15. The molecular weight excluding hydrogens is 198 g/mol. The quantitative estimate of drug-likeness (QED) is 0.795. The summed E-state index contributed by atoms with van der Waals surface area (Å²) in [4.78, 5) is 12.0. The molecule has 0 saturated heterocycles. The third-order valence-corrected chi connectivity index (χ3v) is 3.32. The highest BCUT2D eigenvalue weighted by molar-refractivity contribution is 5.86. The van der Waals surface area contributed by atoms with E-state index in [2.05, 4.69) is 0 Å². The smallest absolute Gasteiger partial charge is 0.141 e. The summed E-state index contributed by atoms with van der Waals surface area (Å²) in [5.41, 5.74) is 6.77. The van der Waals surface area contributed by atoms with E-state index < -0.39 is 0 Å². The van der Waals surface area contributed by atoms with Crippen LogP contribution in [0.4, 0.5) is 0 Å². The van der Waals surface area contributed by atoms with Gasteiger partial charge in [-0.3, -0.25) is 4.79 Å². The normalized spacial score (nSPS) is 17.1. The third-order valence-electron chi connectivity index (χ3n) is 3.32. The summed E-state index contributed by atoms with van der Waals surface area (Å²) < 4.78 is 0. The van der Waals surface area contributed by atoms with Crippen molar-refractivity contribution in [2.45, 2.75) is 31.6 Å². The zero-order chi connectivity index (χ0) is 11.4. The zero-order valence-electron chi connectivity index (χ0n) is 9.56. The summed E-state index contributed by atoms with van der Waals surface area (Å²) in [7, 11) is 0. The largest absolute Gasteiger partial charge is 0.329 e. The molecule has 0 spiro atoms. The van der Waals surface area contributed by atoms with Gasteiger partial charge in [-0.05, 0) is 17.9 Å². The molecule has 0 heterocycles. The molecule has 2 heteroatoms. The Morgan fingerprint density at radius 3 is 2.56 bits per heavy atom. The second kappa shape index (κ2) is 5.26. The Balaban J connectivity index is 1.95. The van der Waals surface area contributed by atoms with Crippen LogP contribution in [0.3, 0.4) is 0 Å². The molecular formula is C14H19NO. The lowest BCUT2D eigenvalue weighted by molar-refractivity contribution is -0.120. The molecule has 2 rings (SSSR count). The minimum Gasteiger partial charge on any atom is -0.329 e. The zero-order valence-corrected chi connectivity index (χ0v) is 9.56. The first-order valence-corrected chi connectivity index (χ1v) is 6.09. The first kappa shape index (κ1) is 11.3. The Kier molecular flexibility index (Phi) is 3.73. The van der Waals surface area contributed by atoms with Crippen molar-refractivity contribution in [2.24, 2.45) is 11.7 Å². The van der Waals surface area contributed by atoms with Gasteiger partial charge in [0.15, 0.2) is 0 Å². The summed E-state index contributed by atoms with van der Waals surface area (Å²) in [6.07, 6.45) is 4.38. The lowest BCUT2D eigenvalue weighted by Crippen LogP contribution is -2.21. The maximum absolute atomic E-state index is 12.0. The highest BCUT2D eigenvalue weighted by Gasteiger charge is 2.24. The van der Waals surface area contributed by atoms with E-state index in [-0.39, 0.29) is 5.92 Å². The van der Waals surface area contributed by atoms with Gasteiger partial charge in [-0.25, -0.2) is 0 Å². The topological polar surface area (TPSA) is 43.1 Å². The Morgan fingerprint density at radius 1 is 1.31 bits per heavy atom. The molecule has 0 aliphatic heterocycles. The molecule has 1 aliphatic rings. The van der Waals surface area contributed by atoms with Crippen LogP contribution in [0.2, 0.25) is 0 Å². The van der Waals surface area contributed by atoms with Gasteiger partial charge in [0.1, 0.15) is 5.78 Å². The molecule has 0 bridgehead atoms. The molecule has 16 heavy (non-hydrogen) atoms. The second-order valence-corrected chi connectivity index (χ2v) is 4.65. The fourth-order valence-corrected chi connectivity index (χ4v) is 2.07. The summed E-state index contributed by atoms with van der Waals surface area (Å²) >= 11 is 0. The lowest BCUT2D eigenvalue weighted by Gasteiger charge is -2.13. The molecule has 1 aliphatic carbocycles. The van der Waals surface area contributed by atoms with E-state index >= 15 is 0 Å². The average molecular weight is 217 g/mol. The van der Waals surface area contributed by atoms with Crippen molar-refractivity contribution in [3.8, 4) is 0 Å². The molecule has 1 saturated carbocycles. The van der Waals surface area contributed by atoms with E-state index in [1.54, 1.807) is 0 Å². The Morgan fingerprint density at radius 2 is 2.00 bits per heavy atom. The van der Waals surface area contributed by atoms with Gasteiger partial charge in [-0.2, -0.15) is 0 Å². The first-order valence-electron chi connectivity index (χ1n) is 6.09. The predicted octanol–water partition coefficient (Wildman–Crippen LogP) is 2.49. The number of carbonyl (C=O) groups is 1. The molecule has 0 aromatic heterocycles. The Labute approximate surface area is 96.8 Å². The van der Waals surface area contributed by atoms with Crippen molar-refractivity contribution in [3.63, 3.8) is 0 Å². The van der Waals surface area contributed by atoms with Crippen LogP contribution in [0, 0.1) is 5.92 Å². The number of ketones is 1. The van der Waals surface area contributed by atoms with Gasteiger partial charge in [0.2, 0.25) is 0 Å². The predicted molar refractivity (Wildman–Crippen MR) is 65.2 cm³/mol. The number of nitrogens with two attached hydrogens (primary N) is 1. The third kappa shape index (κ3) is 2.92. The number of rotatable bonds is 6. The number of benzene rings is 1. The van der Waals surface area contributed by atoms with Crippen LogP contribution >= 0.6 is 0 Å². The minimum absolute atomic E-state index is 0.0973. The molecule has 1 aromatic rings. The van der Waals surface area contributed by atoms with Gasteiger partial charge in [0.25, 0.3) is 0 Å². The number of Topliss-reactive ketones (excluding diaryl/α,β-unsaturated/α-hetero) is 1. The molecule has 0 radical (unpaired) electrons. The fourth-order valence-electron chi connectivity index (χ4n) is 2.07. The minimum atomic E-state index is -0.0973. The van der Waals surface area contributed by atoms with Gasteiger partial charge < -0.3 is 5.73 Å². The Bertz CT molecular complexity index is 343. The van der Waals surface area contributed by atoms with Crippen LogP contribution < -0.4 is 5.73 Å². The first-order chi connectivity index (χ1) is 7.81. The van der Waals surface area contributed by atoms with E-state index in [9.17, 15) is 4.79 Å². The average Bonchev–Trinajstić information content (AvgIpc) is 3.13. The summed E-state index contributed by atoms with van der Waals surface area (Å²) in [5.74, 6) is 1.03. The van der Waals surface area contributed by atoms with Crippen LogP contribution in [0.25, 0.3) is 0 Å². The van der Waals surface area contributed by atoms with E-state index in [1.807, 2.05) is 30.3 Å². The summed E-state index contributed by atoms with van der Waals surface area (Å²) in [6.45, 7) is 0.424. The van der Waals surface area contributed by atoms with Gasteiger partial charge >= 0.3 is 0 Å². The van der Waals surface area contributed by atoms with Crippen LogP contribution in [-0.2, 0) is 4.79 Å². The van der Waals surface area contributed by atoms with Crippen LogP contribution in [0.1, 0.15) is 37.2 Å². The van der Waals surface area contributed by atoms with Crippen LogP contribution in [0.5, 0.6) is 0 Å². The number of hydrogen-bond donors (Lipinski definition) is 1. The molecule has 0 amide bonds. The number of carbonyl (C=O) groups excluding carboxylic acids is 1. The second-order valence-electron chi connectivity index (χ2n) is 4.65. The van der Waals surface area contributed by atoms with Crippen molar-refractivity contribution < 1.29 is 4.79 Å². The van der Waals surface area contributed by atoms with E-state index in [0.29, 0.717) is 18.7 Å². The molecule has 1 aromatic carbocycles. The summed E-state index contributed by atoms with van der Waals surface area (Å²) in [5, 5.41) is 0. The molecule has 1 unspecified atom stereocenters. The van der Waals surface area contributed by atoms with Crippen LogP contribution in [0.15, 0.2) is 30.3 Å². The van der Waals surface area contributed by atoms with E-state index in [1.165, 1.54) is 12.8 Å². The van der Waals surface area contributed by atoms with Crippen LogP contribution in [-0.4, -0.2) is 12.3 Å².